The molecule has 1 heterocycles. The second kappa shape index (κ2) is 2.94. The van der Waals surface area contributed by atoms with Crippen LogP contribution in [0, 0.1) is 11.3 Å². The maximum absolute atomic E-state index is 5.21. The molecule has 1 rings (SSSR count). The molecule has 0 saturated carbocycles. The molecule has 0 bridgehead atoms. The van der Waals surface area contributed by atoms with Crippen molar-refractivity contribution in [3.63, 3.8) is 0 Å². The summed E-state index contributed by atoms with van der Waals surface area (Å²) in [4.78, 5) is 1.02. The first-order valence-electron chi connectivity index (χ1n) is 3.84. The average Bonchev–Trinajstić information content (AvgIpc) is 1.86. The van der Waals surface area contributed by atoms with E-state index in [1.807, 2.05) is 6.08 Å². The van der Waals surface area contributed by atoms with Crippen LogP contribution in [0.4, 0.5) is 0 Å². The van der Waals surface area contributed by atoms with Gasteiger partial charge >= 0.3 is 0 Å². The number of thiocarbonyl (C=S) groups is 1. The van der Waals surface area contributed by atoms with E-state index in [4.69, 9.17) is 17.0 Å². The van der Waals surface area contributed by atoms with E-state index in [2.05, 4.69) is 20.8 Å². The molecule has 1 atom stereocenters. The summed E-state index contributed by atoms with van der Waals surface area (Å²) in [5, 5.41) is 0. The minimum Gasteiger partial charge on any atom is -0.500 e. The molecule has 0 spiro atoms. The van der Waals surface area contributed by atoms with Gasteiger partial charge in [0.2, 0.25) is 0 Å². The van der Waals surface area contributed by atoms with Gasteiger partial charge in [0, 0.05) is 10.8 Å². The van der Waals surface area contributed by atoms with Gasteiger partial charge in [-0.2, -0.15) is 0 Å². The summed E-state index contributed by atoms with van der Waals surface area (Å²) in [5.41, 5.74) is 0.224. The largest absolute Gasteiger partial charge is 0.500 e. The van der Waals surface area contributed by atoms with Crippen LogP contribution in [-0.4, -0.2) is 11.5 Å². The zero-order valence-electron chi connectivity index (χ0n) is 7.26. The SMILES string of the molecule is CC(C)(C)C1COC=CC1=S. The smallest absolute Gasteiger partial charge is 0.0955 e. The Bertz CT molecular complexity index is 188. The number of hydrogen-bond donors (Lipinski definition) is 0. The molecule has 62 valence electrons. The molecule has 0 aliphatic carbocycles. The highest BCUT2D eigenvalue weighted by atomic mass is 32.1. The van der Waals surface area contributed by atoms with Crippen LogP contribution in [0.3, 0.4) is 0 Å². The zero-order valence-corrected chi connectivity index (χ0v) is 8.07. The van der Waals surface area contributed by atoms with Crippen molar-refractivity contribution < 1.29 is 4.74 Å². The van der Waals surface area contributed by atoms with Gasteiger partial charge in [-0.1, -0.05) is 33.0 Å². The first-order valence-corrected chi connectivity index (χ1v) is 4.24. The van der Waals surface area contributed by atoms with Crippen LogP contribution in [0.15, 0.2) is 12.3 Å². The topological polar surface area (TPSA) is 9.23 Å². The van der Waals surface area contributed by atoms with Gasteiger partial charge in [0.25, 0.3) is 0 Å². The maximum atomic E-state index is 5.21. The second-order valence-corrected chi connectivity index (χ2v) is 4.43. The summed E-state index contributed by atoms with van der Waals surface area (Å²) in [6.07, 6.45) is 3.57. The molecule has 11 heavy (non-hydrogen) atoms. The molecule has 0 aromatic rings. The van der Waals surface area contributed by atoms with E-state index in [0.29, 0.717) is 5.92 Å². The number of rotatable bonds is 0. The molecule has 0 radical (unpaired) electrons. The van der Waals surface area contributed by atoms with E-state index in [0.717, 1.165) is 11.5 Å². The third kappa shape index (κ3) is 2.03. The van der Waals surface area contributed by atoms with Crippen molar-refractivity contribution in [3.8, 4) is 0 Å². The molecule has 0 aromatic carbocycles. The van der Waals surface area contributed by atoms with Crippen molar-refractivity contribution in [3.05, 3.63) is 12.3 Å². The van der Waals surface area contributed by atoms with Crippen molar-refractivity contribution in [1.82, 2.24) is 0 Å². The van der Waals surface area contributed by atoms with Crippen molar-refractivity contribution in [1.29, 1.82) is 0 Å². The molecule has 0 amide bonds. The fourth-order valence-corrected chi connectivity index (χ4v) is 1.62. The molecule has 1 aliphatic rings. The molecule has 0 aromatic heterocycles. The predicted molar refractivity (Wildman–Crippen MR) is 50.6 cm³/mol. The average molecular weight is 170 g/mol. The molecule has 0 N–H and O–H groups in total. The Balaban J connectivity index is 2.74. The number of hydrogen-bond acceptors (Lipinski definition) is 2. The third-order valence-corrected chi connectivity index (χ3v) is 2.40. The third-order valence-electron chi connectivity index (χ3n) is 1.98. The second-order valence-electron chi connectivity index (χ2n) is 3.96. The van der Waals surface area contributed by atoms with Crippen LogP contribution in [0.5, 0.6) is 0 Å². The van der Waals surface area contributed by atoms with Gasteiger partial charge in [-0.15, -0.1) is 0 Å². The van der Waals surface area contributed by atoms with E-state index in [9.17, 15) is 0 Å². The van der Waals surface area contributed by atoms with Crippen LogP contribution in [0.1, 0.15) is 20.8 Å². The fraction of sp³-hybridized carbons (Fsp3) is 0.667. The summed E-state index contributed by atoms with van der Waals surface area (Å²) in [7, 11) is 0. The minimum atomic E-state index is 0.224. The van der Waals surface area contributed by atoms with Gasteiger partial charge in [0.05, 0.1) is 12.9 Å². The van der Waals surface area contributed by atoms with Crippen LogP contribution in [0.2, 0.25) is 0 Å². The molecule has 1 nitrogen and oxygen atoms in total. The standard InChI is InChI=1S/C9H14OS/c1-9(2,3)7-6-10-5-4-8(7)11/h4-5,7H,6H2,1-3H3. The van der Waals surface area contributed by atoms with Crippen molar-refractivity contribution in [2.75, 3.05) is 6.61 Å². The predicted octanol–water partition coefficient (Wildman–Crippen LogP) is 2.56. The Labute approximate surface area is 73.4 Å². The van der Waals surface area contributed by atoms with Crippen LogP contribution in [-0.2, 0) is 4.74 Å². The highest BCUT2D eigenvalue weighted by Crippen LogP contribution is 2.29. The molecule has 1 unspecified atom stereocenters. The van der Waals surface area contributed by atoms with Gasteiger partial charge in [-0.3, -0.25) is 0 Å². The van der Waals surface area contributed by atoms with E-state index in [1.54, 1.807) is 6.26 Å². The van der Waals surface area contributed by atoms with E-state index >= 15 is 0 Å². The summed E-state index contributed by atoms with van der Waals surface area (Å²) in [6, 6.07) is 0. The molecule has 1 aliphatic heterocycles. The number of allylic oxidation sites excluding steroid dienone is 1. The Morgan fingerprint density at radius 2 is 2.18 bits per heavy atom. The Morgan fingerprint density at radius 3 is 2.55 bits per heavy atom. The highest BCUT2D eigenvalue weighted by Gasteiger charge is 2.29. The fourth-order valence-electron chi connectivity index (χ4n) is 1.14. The van der Waals surface area contributed by atoms with E-state index in [-0.39, 0.29) is 5.41 Å². The van der Waals surface area contributed by atoms with E-state index < -0.39 is 0 Å². The Kier molecular flexibility index (Phi) is 2.33. The molecule has 0 fully saturated rings. The lowest BCUT2D eigenvalue weighted by atomic mass is 9.79. The normalized spacial score (nSPS) is 25.0. The molecule has 0 saturated heterocycles. The van der Waals surface area contributed by atoms with Crippen LogP contribution >= 0.6 is 12.2 Å². The summed E-state index contributed by atoms with van der Waals surface area (Å²) >= 11 is 5.21. The lowest BCUT2D eigenvalue weighted by Gasteiger charge is -2.31. The Hall–Kier alpha value is -0.370. The van der Waals surface area contributed by atoms with Crippen molar-refractivity contribution >= 4 is 17.1 Å². The molecule has 2 heteroatoms. The van der Waals surface area contributed by atoms with Crippen molar-refractivity contribution in [2.24, 2.45) is 11.3 Å². The zero-order chi connectivity index (χ0) is 8.48. The maximum Gasteiger partial charge on any atom is 0.0955 e. The quantitative estimate of drug-likeness (QED) is 0.517. The summed E-state index contributed by atoms with van der Waals surface area (Å²) in [6.45, 7) is 7.30. The van der Waals surface area contributed by atoms with Gasteiger partial charge in [-0.05, 0) is 11.5 Å². The summed E-state index contributed by atoms with van der Waals surface area (Å²) < 4.78 is 5.21. The minimum absolute atomic E-state index is 0.224. The van der Waals surface area contributed by atoms with Gasteiger partial charge < -0.3 is 4.74 Å². The monoisotopic (exact) mass is 170 g/mol. The van der Waals surface area contributed by atoms with Gasteiger partial charge in [0.15, 0.2) is 0 Å². The first-order chi connectivity index (χ1) is 5.02. The van der Waals surface area contributed by atoms with E-state index in [1.165, 1.54) is 0 Å². The first kappa shape index (κ1) is 8.72. The Morgan fingerprint density at radius 1 is 1.55 bits per heavy atom. The molecular weight excluding hydrogens is 156 g/mol. The van der Waals surface area contributed by atoms with Crippen LogP contribution in [0.25, 0.3) is 0 Å². The van der Waals surface area contributed by atoms with Crippen molar-refractivity contribution in [2.45, 2.75) is 20.8 Å². The lowest BCUT2D eigenvalue weighted by Crippen LogP contribution is -2.32. The van der Waals surface area contributed by atoms with Gasteiger partial charge in [-0.25, -0.2) is 0 Å². The lowest BCUT2D eigenvalue weighted by molar-refractivity contribution is 0.154. The van der Waals surface area contributed by atoms with Crippen LogP contribution < -0.4 is 0 Å². The molecular formula is C9H14OS. The highest BCUT2D eigenvalue weighted by molar-refractivity contribution is 7.80. The number of ether oxygens (including phenoxy) is 1. The summed E-state index contributed by atoms with van der Waals surface area (Å²) in [5.74, 6) is 0.391. The van der Waals surface area contributed by atoms with Gasteiger partial charge in [0.1, 0.15) is 0 Å².